The van der Waals surface area contributed by atoms with Gasteiger partial charge in [-0.3, -0.25) is 4.90 Å². The van der Waals surface area contributed by atoms with Gasteiger partial charge in [0.1, 0.15) is 0 Å². The number of piperidine rings is 1. The summed E-state index contributed by atoms with van der Waals surface area (Å²) in [5.74, 6) is 0.885. The number of benzene rings is 1. The van der Waals surface area contributed by atoms with Crippen molar-refractivity contribution in [2.45, 2.75) is 25.4 Å². The summed E-state index contributed by atoms with van der Waals surface area (Å²) in [6.07, 6.45) is 2.68. The molecular formula is C14H20BrClN2. The van der Waals surface area contributed by atoms with Crippen molar-refractivity contribution in [1.29, 1.82) is 0 Å². The van der Waals surface area contributed by atoms with Crippen LogP contribution in [-0.4, -0.2) is 30.6 Å². The summed E-state index contributed by atoms with van der Waals surface area (Å²) in [5.41, 5.74) is 1.42. The van der Waals surface area contributed by atoms with Gasteiger partial charge in [0, 0.05) is 23.6 Å². The van der Waals surface area contributed by atoms with Gasteiger partial charge >= 0.3 is 0 Å². The Kier molecular flexibility index (Phi) is 5.07. The number of fused-ring (bicyclic) bond motifs is 1. The summed E-state index contributed by atoms with van der Waals surface area (Å²) in [6.45, 7) is 4.83. The number of rotatable bonds is 2. The lowest BCUT2D eigenvalue weighted by Gasteiger charge is -2.34. The molecule has 0 aromatic heterocycles. The van der Waals surface area contributed by atoms with E-state index in [0.29, 0.717) is 0 Å². The molecule has 1 N–H and O–H groups in total. The van der Waals surface area contributed by atoms with Gasteiger partial charge in [0.2, 0.25) is 0 Å². The third kappa shape index (κ3) is 3.27. The number of halogens is 2. The Morgan fingerprint density at radius 3 is 3.06 bits per heavy atom. The minimum atomic E-state index is 0. The second-order valence-electron chi connectivity index (χ2n) is 5.26. The van der Waals surface area contributed by atoms with Crippen molar-refractivity contribution in [2.75, 3.05) is 19.6 Å². The Morgan fingerprint density at radius 2 is 2.22 bits per heavy atom. The van der Waals surface area contributed by atoms with Gasteiger partial charge in [-0.25, -0.2) is 0 Å². The highest BCUT2D eigenvalue weighted by atomic mass is 79.9. The fraction of sp³-hybridized carbons (Fsp3) is 0.571. The largest absolute Gasteiger partial charge is 0.314 e. The highest BCUT2D eigenvalue weighted by Crippen LogP contribution is 2.25. The average molecular weight is 332 g/mol. The van der Waals surface area contributed by atoms with E-state index >= 15 is 0 Å². The number of hydrogen-bond acceptors (Lipinski definition) is 2. The number of likely N-dealkylation sites (tertiary alicyclic amines) is 1. The lowest BCUT2D eigenvalue weighted by atomic mass is 9.93. The summed E-state index contributed by atoms with van der Waals surface area (Å²) >= 11 is 3.54. The normalized spacial score (nSPS) is 27.6. The van der Waals surface area contributed by atoms with E-state index in [9.17, 15) is 0 Å². The summed E-state index contributed by atoms with van der Waals surface area (Å²) in [6, 6.07) is 9.48. The van der Waals surface area contributed by atoms with E-state index in [2.05, 4.69) is 50.4 Å². The van der Waals surface area contributed by atoms with Crippen molar-refractivity contribution in [1.82, 2.24) is 10.2 Å². The maximum atomic E-state index is 3.62. The van der Waals surface area contributed by atoms with E-state index in [4.69, 9.17) is 0 Å². The first-order chi connectivity index (χ1) is 8.31. The zero-order valence-corrected chi connectivity index (χ0v) is 12.8. The minimum absolute atomic E-state index is 0. The van der Waals surface area contributed by atoms with E-state index in [1.54, 1.807) is 0 Å². The standard InChI is InChI=1S/C14H19BrN2.ClH/c15-13-3-1-2-11(8-13)9-17-7-5-14-12(10-17)4-6-16-14;/h1-3,8,12,14,16H,4-7,9-10H2;1H. The first kappa shape index (κ1) is 14.3. The molecule has 3 rings (SSSR count). The van der Waals surface area contributed by atoms with Crippen LogP contribution in [0.3, 0.4) is 0 Å². The second kappa shape index (κ2) is 6.38. The fourth-order valence-electron chi connectivity index (χ4n) is 3.16. The van der Waals surface area contributed by atoms with E-state index in [1.807, 2.05) is 0 Å². The van der Waals surface area contributed by atoms with Crippen LogP contribution in [-0.2, 0) is 6.54 Å². The number of hydrogen-bond donors (Lipinski definition) is 1. The Hall–Kier alpha value is -0.0900. The van der Waals surface area contributed by atoms with Crippen molar-refractivity contribution >= 4 is 28.3 Å². The van der Waals surface area contributed by atoms with E-state index < -0.39 is 0 Å². The van der Waals surface area contributed by atoms with Crippen molar-refractivity contribution in [2.24, 2.45) is 5.92 Å². The first-order valence-electron chi connectivity index (χ1n) is 6.51. The van der Waals surface area contributed by atoms with Crippen molar-refractivity contribution in [3.63, 3.8) is 0 Å². The SMILES string of the molecule is Brc1cccc(CN2CCC3NCCC3C2)c1.Cl. The zero-order chi connectivity index (χ0) is 11.7. The molecule has 2 nitrogen and oxygen atoms in total. The predicted molar refractivity (Wildman–Crippen MR) is 81.2 cm³/mol. The van der Waals surface area contributed by atoms with Crippen molar-refractivity contribution in [3.05, 3.63) is 34.3 Å². The van der Waals surface area contributed by atoms with Gasteiger partial charge in [0.15, 0.2) is 0 Å². The van der Waals surface area contributed by atoms with Crippen LogP contribution >= 0.6 is 28.3 Å². The molecule has 2 aliphatic rings. The minimum Gasteiger partial charge on any atom is -0.314 e. The van der Waals surface area contributed by atoms with Gasteiger partial charge in [0.25, 0.3) is 0 Å². The molecule has 0 bridgehead atoms. The Balaban J connectivity index is 0.00000120. The van der Waals surface area contributed by atoms with Gasteiger partial charge in [-0.05, 0) is 49.5 Å². The molecule has 2 aliphatic heterocycles. The summed E-state index contributed by atoms with van der Waals surface area (Å²) in [4.78, 5) is 2.61. The van der Waals surface area contributed by atoms with Gasteiger partial charge < -0.3 is 5.32 Å². The Bertz CT molecular complexity index is 399. The van der Waals surface area contributed by atoms with Crippen LogP contribution in [0.25, 0.3) is 0 Å². The highest BCUT2D eigenvalue weighted by Gasteiger charge is 2.32. The van der Waals surface area contributed by atoms with Gasteiger partial charge in [0.05, 0.1) is 0 Å². The average Bonchev–Trinajstić information content (AvgIpc) is 2.76. The predicted octanol–water partition coefficient (Wildman–Crippen LogP) is 3.05. The molecule has 0 spiro atoms. The lowest BCUT2D eigenvalue weighted by Crippen LogP contribution is -2.43. The van der Waals surface area contributed by atoms with Gasteiger partial charge in [-0.1, -0.05) is 28.1 Å². The maximum absolute atomic E-state index is 3.62. The molecule has 2 atom stereocenters. The summed E-state index contributed by atoms with van der Waals surface area (Å²) in [5, 5.41) is 3.62. The van der Waals surface area contributed by atoms with Crippen LogP contribution in [0.15, 0.2) is 28.7 Å². The van der Waals surface area contributed by atoms with Gasteiger partial charge in [-0.2, -0.15) is 0 Å². The molecule has 1 aromatic rings. The smallest absolute Gasteiger partial charge is 0.0234 e. The van der Waals surface area contributed by atoms with Crippen LogP contribution in [0.5, 0.6) is 0 Å². The maximum Gasteiger partial charge on any atom is 0.0234 e. The Morgan fingerprint density at radius 1 is 1.33 bits per heavy atom. The van der Waals surface area contributed by atoms with Crippen molar-refractivity contribution in [3.8, 4) is 0 Å². The van der Waals surface area contributed by atoms with E-state index in [1.165, 1.54) is 42.5 Å². The second-order valence-corrected chi connectivity index (χ2v) is 6.18. The number of nitrogens with one attached hydrogen (secondary N) is 1. The molecule has 1 aromatic carbocycles. The molecule has 100 valence electrons. The quantitative estimate of drug-likeness (QED) is 0.896. The lowest BCUT2D eigenvalue weighted by molar-refractivity contribution is 0.156. The monoisotopic (exact) mass is 330 g/mol. The van der Waals surface area contributed by atoms with Crippen LogP contribution in [0, 0.1) is 5.92 Å². The molecule has 0 amide bonds. The molecule has 0 aliphatic carbocycles. The highest BCUT2D eigenvalue weighted by molar-refractivity contribution is 9.10. The summed E-state index contributed by atoms with van der Waals surface area (Å²) in [7, 11) is 0. The third-order valence-electron chi connectivity index (χ3n) is 4.03. The third-order valence-corrected chi connectivity index (χ3v) is 4.53. The molecule has 0 radical (unpaired) electrons. The van der Waals surface area contributed by atoms with Gasteiger partial charge in [-0.15, -0.1) is 12.4 Å². The topological polar surface area (TPSA) is 15.3 Å². The fourth-order valence-corrected chi connectivity index (χ4v) is 3.61. The van der Waals surface area contributed by atoms with E-state index in [-0.39, 0.29) is 12.4 Å². The van der Waals surface area contributed by atoms with Crippen molar-refractivity contribution < 1.29 is 0 Å². The molecule has 4 heteroatoms. The molecule has 2 saturated heterocycles. The molecule has 2 unspecified atom stereocenters. The molecule has 0 saturated carbocycles. The van der Waals surface area contributed by atoms with Crippen LogP contribution in [0.2, 0.25) is 0 Å². The van der Waals surface area contributed by atoms with E-state index in [0.717, 1.165) is 18.5 Å². The number of nitrogens with zero attached hydrogens (tertiary/aromatic N) is 1. The zero-order valence-electron chi connectivity index (χ0n) is 10.4. The van der Waals surface area contributed by atoms with Crippen LogP contribution in [0.1, 0.15) is 18.4 Å². The first-order valence-corrected chi connectivity index (χ1v) is 7.31. The molecule has 2 fully saturated rings. The Labute approximate surface area is 124 Å². The van der Waals surface area contributed by atoms with Crippen LogP contribution < -0.4 is 5.32 Å². The van der Waals surface area contributed by atoms with Crippen LogP contribution in [0.4, 0.5) is 0 Å². The molecule has 2 heterocycles. The molecular weight excluding hydrogens is 312 g/mol. The molecule has 18 heavy (non-hydrogen) atoms. The summed E-state index contributed by atoms with van der Waals surface area (Å²) < 4.78 is 1.19.